The number of carbonyl (C=O) groups excluding carboxylic acids is 1. The molecule has 0 spiro atoms. The summed E-state index contributed by atoms with van der Waals surface area (Å²) in [6, 6.07) is -2.82. The van der Waals surface area contributed by atoms with Crippen molar-refractivity contribution in [2.24, 2.45) is 0 Å². The second kappa shape index (κ2) is 12.2. The number of aliphatic hydroxyl groups is 4. The van der Waals surface area contributed by atoms with Gasteiger partial charge in [0.15, 0.2) is 0 Å². The molecule has 1 saturated heterocycles. The van der Waals surface area contributed by atoms with E-state index >= 15 is 0 Å². The van der Waals surface area contributed by atoms with E-state index in [0.717, 1.165) is 0 Å². The first kappa shape index (κ1) is 27.1. The van der Waals surface area contributed by atoms with Gasteiger partial charge in [-0.1, -0.05) is 6.08 Å². The Balaban J connectivity index is 2.63. The number of carbonyl (C=O) groups is 3. The van der Waals surface area contributed by atoms with Gasteiger partial charge in [0.25, 0.3) is 0 Å². The molecule has 0 aromatic heterocycles. The normalized spacial score (nSPS) is 29.3. The molecule has 0 aromatic carbocycles. The molecule has 0 saturated carbocycles. The van der Waals surface area contributed by atoms with E-state index in [2.05, 4.69) is 10.6 Å². The Morgan fingerprint density at radius 2 is 1.81 bits per heavy atom. The maximum atomic E-state index is 12.0. The van der Waals surface area contributed by atoms with Crippen LogP contribution in [0.3, 0.4) is 0 Å². The molecule has 7 unspecified atom stereocenters. The highest BCUT2D eigenvalue weighted by Gasteiger charge is 2.48. The van der Waals surface area contributed by atoms with Crippen LogP contribution < -0.4 is 10.6 Å². The molecule has 31 heavy (non-hydrogen) atoms. The van der Waals surface area contributed by atoms with Crippen molar-refractivity contribution in [1.82, 2.24) is 10.6 Å². The molecule has 1 amide bonds. The van der Waals surface area contributed by atoms with Crippen molar-refractivity contribution in [2.75, 3.05) is 18.9 Å². The molecule has 1 rings (SSSR count). The first-order chi connectivity index (χ1) is 14.4. The average molecular weight is 468 g/mol. The molecule has 1 aliphatic heterocycles. The Morgan fingerprint density at radius 1 is 1.19 bits per heavy atom. The molecule has 1 fully saturated rings. The third-order valence-corrected chi connectivity index (χ3v) is 5.73. The Labute approximate surface area is 180 Å². The minimum atomic E-state index is -2.38. The number of hydrogen-bond donors (Lipinski definition) is 8. The number of hydrogen-bond acceptors (Lipinski definition) is 10. The lowest BCUT2D eigenvalue weighted by molar-refractivity contribution is -0.318. The van der Waals surface area contributed by atoms with E-state index in [1.807, 2.05) is 0 Å². The Hall–Kier alpha value is -1.94. The SMILES string of the molecule is CC=CS(=O)CC(NC(=O)CCC(NCC1(O)OCC(O)C(O)C1O)C(=O)O)C(=O)O. The summed E-state index contributed by atoms with van der Waals surface area (Å²) in [6.45, 7) is 0.459. The number of carboxylic acid groups (broad SMARTS) is 2. The minimum absolute atomic E-state index is 0.317. The summed E-state index contributed by atoms with van der Waals surface area (Å²) in [5.41, 5.74) is 0. The monoisotopic (exact) mass is 468 g/mol. The zero-order valence-corrected chi connectivity index (χ0v) is 17.5. The predicted molar refractivity (Wildman–Crippen MR) is 105 cm³/mol. The van der Waals surface area contributed by atoms with Gasteiger partial charge >= 0.3 is 11.9 Å². The van der Waals surface area contributed by atoms with Crippen molar-refractivity contribution in [1.29, 1.82) is 0 Å². The van der Waals surface area contributed by atoms with E-state index in [1.165, 1.54) is 11.5 Å². The van der Waals surface area contributed by atoms with Crippen LogP contribution in [0.25, 0.3) is 0 Å². The van der Waals surface area contributed by atoms with Gasteiger partial charge in [-0.3, -0.25) is 19.1 Å². The van der Waals surface area contributed by atoms with Crippen molar-refractivity contribution in [3.05, 3.63) is 11.5 Å². The van der Waals surface area contributed by atoms with Crippen LogP contribution in [0.15, 0.2) is 11.5 Å². The summed E-state index contributed by atoms with van der Waals surface area (Å²) in [4.78, 5) is 34.7. The largest absolute Gasteiger partial charge is 0.480 e. The Morgan fingerprint density at radius 3 is 2.35 bits per heavy atom. The van der Waals surface area contributed by atoms with Crippen molar-refractivity contribution in [3.8, 4) is 0 Å². The summed E-state index contributed by atoms with van der Waals surface area (Å²) in [6.07, 6.45) is -4.32. The smallest absolute Gasteiger partial charge is 0.327 e. The molecule has 0 bridgehead atoms. The quantitative estimate of drug-likeness (QED) is 0.139. The summed E-state index contributed by atoms with van der Waals surface area (Å²) in [7, 11) is -1.61. The van der Waals surface area contributed by atoms with E-state index in [4.69, 9.17) is 9.84 Å². The molecule has 0 aromatic rings. The third-order valence-electron chi connectivity index (χ3n) is 4.50. The van der Waals surface area contributed by atoms with Crippen LogP contribution >= 0.6 is 0 Å². The number of ether oxygens (including phenoxy) is 1. The van der Waals surface area contributed by atoms with Gasteiger partial charge in [0.1, 0.15) is 30.4 Å². The highest BCUT2D eigenvalue weighted by atomic mass is 32.2. The fourth-order valence-corrected chi connectivity index (χ4v) is 3.69. The lowest BCUT2D eigenvalue weighted by Gasteiger charge is -2.42. The second-order valence-electron chi connectivity index (χ2n) is 6.94. The average Bonchev–Trinajstić information content (AvgIpc) is 2.69. The summed E-state index contributed by atoms with van der Waals surface area (Å²) in [5.74, 6) is -6.32. The number of carboxylic acids is 2. The van der Waals surface area contributed by atoms with Crippen molar-refractivity contribution >= 4 is 28.6 Å². The Bertz CT molecular complexity index is 704. The molecule has 8 N–H and O–H groups in total. The molecule has 7 atom stereocenters. The summed E-state index contributed by atoms with van der Waals surface area (Å²) < 4.78 is 16.6. The lowest BCUT2D eigenvalue weighted by atomic mass is 9.96. The number of aliphatic hydroxyl groups excluding tert-OH is 3. The fourth-order valence-electron chi connectivity index (χ4n) is 2.72. The second-order valence-corrected chi connectivity index (χ2v) is 8.31. The van der Waals surface area contributed by atoms with Crippen molar-refractivity contribution in [2.45, 2.75) is 55.9 Å². The number of nitrogens with one attached hydrogen (secondary N) is 2. The topological polar surface area (TPSA) is 223 Å². The number of allylic oxidation sites excluding steroid dienone is 1. The number of aliphatic carboxylic acids is 2. The zero-order valence-electron chi connectivity index (χ0n) is 16.7. The minimum Gasteiger partial charge on any atom is -0.480 e. The maximum Gasteiger partial charge on any atom is 0.327 e. The van der Waals surface area contributed by atoms with Crippen LogP contribution in [0.5, 0.6) is 0 Å². The fraction of sp³-hybridized carbons (Fsp3) is 0.706. The summed E-state index contributed by atoms with van der Waals surface area (Å²) >= 11 is 0. The van der Waals surface area contributed by atoms with Crippen molar-refractivity contribution in [3.63, 3.8) is 0 Å². The van der Waals surface area contributed by atoms with Gasteiger partial charge in [-0.2, -0.15) is 0 Å². The number of rotatable bonds is 12. The predicted octanol–water partition coefficient (Wildman–Crippen LogP) is -3.54. The third kappa shape index (κ3) is 8.25. The van der Waals surface area contributed by atoms with Gasteiger partial charge in [-0.05, 0) is 18.8 Å². The molecule has 0 radical (unpaired) electrons. The zero-order chi connectivity index (χ0) is 23.8. The highest BCUT2D eigenvalue weighted by molar-refractivity contribution is 7.88. The van der Waals surface area contributed by atoms with E-state index in [0.29, 0.717) is 0 Å². The lowest BCUT2D eigenvalue weighted by Crippen LogP contribution is -2.65. The van der Waals surface area contributed by atoms with E-state index < -0.39 is 84.4 Å². The van der Waals surface area contributed by atoms with Crippen LogP contribution in [0.4, 0.5) is 0 Å². The van der Waals surface area contributed by atoms with Gasteiger partial charge in [0.05, 0.1) is 18.9 Å². The standard InChI is InChI=1S/C17H28N2O11S/c1-2-5-31(29)7-10(16(26)27)19-12(21)4-3-9(15(24)25)18-8-17(28)14(23)13(22)11(20)6-30-17/h2,5,9-11,13-14,18,20,22-23,28H,3-4,6-8H2,1H3,(H,19,21)(H,24,25)(H,26,27). The van der Waals surface area contributed by atoms with Gasteiger partial charge in [-0.15, -0.1) is 0 Å². The number of amides is 1. The molecule has 178 valence electrons. The first-order valence-corrected chi connectivity index (χ1v) is 10.7. The molecule has 14 heteroatoms. The van der Waals surface area contributed by atoms with Crippen LogP contribution in [0.2, 0.25) is 0 Å². The molecular weight excluding hydrogens is 440 g/mol. The van der Waals surface area contributed by atoms with Crippen LogP contribution in [0, 0.1) is 0 Å². The van der Waals surface area contributed by atoms with Crippen molar-refractivity contribution < 1.29 is 54.0 Å². The first-order valence-electron chi connectivity index (χ1n) is 9.30. The van der Waals surface area contributed by atoms with Crippen LogP contribution in [0.1, 0.15) is 19.8 Å². The van der Waals surface area contributed by atoms with Crippen LogP contribution in [-0.4, -0.2) is 108 Å². The van der Waals surface area contributed by atoms with E-state index in [-0.39, 0.29) is 12.2 Å². The van der Waals surface area contributed by atoms with Crippen LogP contribution in [-0.2, 0) is 29.9 Å². The van der Waals surface area contributed by atoms with E-state index in [1.54, 1.807) is 6.92 Å². The van der Waals surface area contributed by atoms with Gasteiger partial charge < -0.3 is 40.7 Å². The van der Waals surface area contributed by atoms with Gasteiger partial charge in [0, 0.05) is 17.2 Å². The van der Waals surface area contributed by atoms with E-state index in [9.17, 15) is 44.1 Å². The van der Waals surface area contributed by atoms with Gasteiger partial charge in [-0.25, -0.2) is 4.79 Å². The summed E-state index contributed by atoms with van der Waals surface area (Å²) in [5, 5.41) is 63.5. The molecular formula is C17H28N2O11S. The molecule has 1 heterocycles. The maximum absolute atomic E-state index is 12.0. The highest BCUT2D eigenvalue weighted by Crippen LogP contribution is 2.23. The van der Waals surface area contributed by atoms with Gasteiger partial charge in [0.2, 0.25) is 11.7 Å². The Kier molecular flexibility index (Phi) is 10.7. The molecule has 1 aliphatic rings. The molecule has 0 aliphatic carbocycles. The molecule has 13 nitrogen and oxygen atoms in total.